The number of amides is 1. The molecule has 1 aliphatic rings. The maximum absolute atomic E-state index is 12.6. The van der Waals surface area contributed by atoms with Crippen LogP contribution in [-0.4, -0.2) is 35.0 Å². The summed E-state index contributed by atoms with van der Waals surface area (Å²) in [6.07, 6.45) is 2.18. The van der Waals surface area contributed by atoms with Crippen LogP contribution in [0.15, 0.2) is 30.3 Å². The fourth-order valence-corrected chi connectivity index (χ4v) is 2.54. The Hall–Kier alpha value is -1.84. The third-order valence-corrected chi connectivity index (χ3v) is 3.49. The van der Waals surface area contributed by atoms with Crippen molar-refractivity contribution < 1.29 is 14.3 Å². The van der Waals surface area contributed by atoms with Gasteiger partial charge in [0.2, 0.25) is 0 Å². The van der Waals surface area contributed by atoms with Crippen molar-refractivity contribution in [1.82, 2.24) is 4.90 Å². The minimum Gasteiger partial charge on any atom is -0.444 e. The van der Waals surface area contributed by atoms with Crippen LogP contribution in [0.2, 0.25) is 0 Å². The summed E-state index contributed by atoms with van der Waals surface area (Å²) in [6, 6.07) is 8.75. The number of nitrogens with zero attached hydrogens (tertiary/aromatic N) is 1. The first-order chi connectivity index (χ1) is 10.9. The molecule has 1 aromatic carbocycles. The number of Topliss-reactive ketones (excluding diaryl/α,β-unsaturated/α-hetero) is 1. The lowest BCUT2D eigenvalue weighted by atomic mass is 9.95. The zero-order valence-electron chi connectivity index (χ0n) is 15.0. The van der Waals surface area contributed by atoms with Crippen LogP contribution in [0.1, 0.15) is 64.2 Å². The largest absolute Gasteiger partial charge is 0.444 e. The Bertz CT molecular complexity index is 505. The van der Waals surface area contributed by atoms with Gasteiger partial charge in [-0.2, -0.15) is 0 Å². The Morgan fingerprint density at radius 3 is 2.26 bits per heavy atom. The van der Waals surface area contributed by atoms with E-state index in [9.17, 15) is 9.59 Å². The third kappa shape index (κ3) is 5.70. The number of carbonyl (C=O) groups excluding carboxylic acids is 2. The molecule has 0 radical (unpaired) electrons. The molecule has 0 N–H and O–H groups in total. The Morgan fingerprint density at radius 1 is 1.09 bits per heavy atom. The molecule has 4 heteroatoms. The van der Waals surface area contributed by atoms with Gasteiger partial charge in [0.25, 0.3) is 0 Å². The molecule has 1 atom stereocenters. The Morgan fingerprint density at radius 2 is 1.70 bits per heavy atom. The summed E-state index contributed by atoms with van der Waals surface area (Å²) in [4.78, 5) is 26.5. The summed E-state index contributed by atoms with van der Waals surface area (Å²) >= 11 is 0. The molecule has 4 nitrogen and oxygen atoms in total. The quantitative estimate of drug-likeness (QED) is 0.743. The highest BCUT2D eigenvalue weighted by Gasteiger charge is 2.34. The average molecular weight is 319 g/mol. The number of hydrogen-bond donors (Lipinski definition) is 0. The second-order valence-electron chi connectivity index (χ2n) is 6.42. The number of carbonyl (C=O) groups is 2. The van der Waals surface area contributed by atoms with Gasteiger partial charge in [-0.15, -0.1) is 0 Å². The first-order valence-electron chi connectivity index (χ1n) is 8.47. The molecule has 1 amide bonds. The van der Waals surface area contributed by atoms with Gasteiger partial charge in [-0.3, -0.25) is 9.69 Å². The van der Waals surface area contributed by atoms with Crippen molar-refractivity contribution in [3.8, 4) is 0 Å². The van der Waals surface area contributed by atoms with E-state index in [1.165, 1.54) is 0 Å². The van der Waals surface area contributed by atoms with Crippen LogP contribution in [-0.2, 0) is 4.74 Å². The molecular formula is C19H29NO3. The fourth-order valence-electron chi connectivity index (χ4n) is 2.54. The van der Waals surface area contributed by atoms with Gasteiger partial charge in [-0.05, 0) is 40.0 Å². The van der Waals surface area contributed by atoms with Crippen LogP contribution >= 0.6 is 0 Å². The van der Waals surface area contributed by atoms with E-state index in [4.69, 9.17) is 4.74 Å². The second kappa shape index (κ2) is 8.70. The van der Waals surface area contributed by atoms with E-state index < -0.39 is 17.7 Å². The number of piperidine rings is 1. The lowest BCUT2D eigenvalue weighted by Crippen LogP contribution is -2.49. The van der Waals surface area contributed by atoms with Gasteiger partial charge in [0.1, 0.15) is 5.60 Å². The number of ether oxygens (including phenoxy) is 1. The van der Waals surface area contributed by atoms with Gasteiger partial charge in [-0.25, -0.2) is 4.79 Å². The Balaban J connectivity index is 0.00000127. The van der Waals surface area contributed by atoms with Crippen molar-refractivity contribution in [3.05, 3.63) is 35.9 Å². The van der Waals surface area contributed by atoms with Gasteiger partial charge in [0.15, 0.2) is 5.78 Å². The maximum atomic E-state index is 12.6. The van der Waals surface area contributed by atoms with Crippen LogP contribution in [0.4, 0.5) is 4.79 Å². The highest BCUT2D eigenvalue weighted by molar-refractivity contribution is 6.01. The zero-order valence-corrected chi connectivity index (χ0v) is 15.0. The number of benzene rings is 1. The second-order valence-corrected chi connectivity index (χ2v) is 6.42. The van der Waals surface area contributed by atoms with Crippen molar-refractivity contribution in [2.24, 2.45) is 0 Å². The molecule has 0 aromatic heterocycles. The minimum atomic E-state index is -0.547. The third-order valence-electron chi connectivity index (χ3n) is 3.49. The molecule has 0 bridgehead atoms. The predicted molar refractivity (Wildman–Crippen MR) is 92.7 cm³/mol. The normalized spacial score (nSPS) is 17.8. The SMILES string of the molecule is CC.CC(C)(C)OC(=O)N1CCCCC1C(=O)c1ccccc1. The molecule has 0 spiro atoms. The standard InChI is InChI=1S/C17H23NO3.C2H6/c1-17(2,3)21-16(20)18-12-8-7-11-14(18)15(19)13-9-5-4-6-10-13;1-2/h4-6,9-10,14H,7-8,11-12H2,1-3H3;1-2H3. The molecule has 23 heavy (non-hydrogen) atoms. The number of hydrogen-bond acceptors (Lipinski definition) is 3. The number of ketones is 1. The smallest absolute Gasteiger partial charge is 0.410 e. The molecular weight excluding hydrogens is 290 g/mol. The molecule has 1 heterocycles. The van der Waals surface area contributed by atoms with Crippen LogP contribution in [0.5, 0.6) is 0 Å². The van der Waals surface area contributed by atoms with Crippen LogP contribution < -0.4 is 0 Å². The molecule has 1 aliphatic heterocycles. The fraction of sp³-hybridized carbons (Fsp3) is 0.579. The molecule has 1 aromatic rings. The van der Waals surface area contributed by atoms with Gasteiger partial charge in [-0.1, -0.05) is 44.2 Å². The topological polar surface area (TPSA) is 46.6 Å². The molecule has 1 unspecified atom stereocenters. The molecule has 1 saturated heterocycles. The van der Waals surface area contributed by atoms with E-state index in [0.29, 0.717) is 18.5 Å². The summed E-state index contributed by atoms with van der Waals surface area (Å²) in [7, 11) is 0. The van der Waals surface area contributed by atoms with E-state index in [1.54, 1.807) is 17.0 Å². The van der Waals surface area contributed by atoms with E-state index in [1.807, 2.05) is 52.8 Å². The lowest BCUT2D eigenvalue weighted by Gasteiger charge is -2.35. The summed E-state index contributed by atoms with van der Waals surface area (Å²) < 4.78 is 5.43. The van der Waals surface area contributed by atoms with Gasteiger partial charge in [0.05, 0.1) is 6.04 Å². The maximum Gasteiger partial charge on any atom is 0.410 e. The molecule has 0 saturated carbocycles. The van der Waals surface area contributed by atoms with E-state index in [-0.39, 0.29) is 5.78 Å². The van der Waals surface area contributed by atoms with Crippen molar-refractivity contribution in [2.45, 2.75) is 65.5 Å². The summed E-state index contributed by atoms with van der Waals surface area (Å²) in [5.41, 5.74) is 0.104. The highest BCUT2D eigenvalue weighted by atomic mass is 16.6. The molecule has 1 fully saturated rings. The number of likely N-dealkylation sites (tertiary alicyclic amines) is 1. The van der Waals surface area contributed by atoms with Crippen molar-refractivity contribution in [3.63, 3.8) is 0 Å². The Kier molecular flexibility index (Phi) is 7.27. The van der Waals surface area contributed by atoms with Crippen molar-refractivity contribution in [2.75, 3.05) is 6.54 Å². The van der Waals surface area contributed by atoms with E-state index >= 15 is 0 Å². The highest BCUT2D eigenvalue weighted by Crippen LogP contribution is 2.23. The molecule has 0 aliphatic carbocycles. The lowest BCUT2D eigenvalue weighted by molar-refractivity contribution is 0.0105. The van der Waals surface area contributed by atoms with Crippen LogP contribution in [0.3, 0.4) is 0 Å². The van der Waals surface area contributed by atoms with Gasteiger partial charge >= 0.3 is 6.09 Å². The van der Waals surface area contributed by atoms with Crippen molar-refractivity contribution in [1.29, 1.82) is 0 Å². The van der Waals surface area contributed by atoms with Crippen LogP contribution in [0, 0.1) is 0 Å². The monoisotopic (exact) mass is 319 g/mol. The average Bonchev–Trinajstić information content (AvgIpc) is 2.55. The first-order valence-corrected chi connectivity index (χ1v) is 8.47. The zero-order chi connectivity index (χ0) is 17.5. The number of rotatable bonds is 2. The predicted octanol–water partition coefficient (Wildman–Crippen LogP) is 4.69. The minimum absolute atomic E-state index is 0.00107. The summed E-state index contributed by atoms with van der Waals surface area (Å²) in [5, 5.41) is 0. The van der Waals surface area contributed by atoms with Crippen molar-refractivity contribution >= 4 is 11.9 Å². The molecule has 2 rings (SSSR count). The van der Waals surface area contributed by atoms with Crippen LogP contribution in [0.25, 0.3) is 0 Å². The summed E-state index contributed by atoms with van der Waals surface area (Å²) in [5.74, 6) is 0.00107. The molecule has 128 valence electrons. The first kappa shape index (κ1) is 19.2. The van der Waals surface area contributed by atoms with Gasteiger partial charge in [0, 0.05) is 12.1 Å². The van der Waals surface area contributed by atoms with E-state index in [0.717, 1.165) is 12.8 Å². The van der Waals surface area contributed by atoms with E-state index in [2.05, 4.69) is 0 Å². The van der Waals surface area contributed by atoms with Gasteiger partial charge < -0.3 is 4.74 Å². The summed E-state index contributed by atoms with van der Waals surface area (Å²) in [6.45, 7) is 10.1. The Labute approximate surface area is 139 Å².